The molecule has 0 saturated carbocycles. The molecule has 1 heterocycles. The fourth-order valence-corrected chi connectivity index (χ4v) is 3.36. The van der Waals surface area contributed by atoms with Gasteiger partial charge in [0, 0.05) is 11.3 Å². The summed E-state index contributed by atoms with van der Waals surface area (Å²) in [5, 5.41) is 0. The van der Waals surface area contributed by atoms with Crippen molar-refractivity contribution >= 4 is 27.3 Å². The van der Waals surface area contributed by atoms with Gasteiger partial charge in [-0.15, -0.1) is 11.3 Å². The maximum absolute atomic E-state index is 13.4. The molecule has 0 saturated heterocycles. The van der Waals surface area contributed by atoms with Crippen LogP contribution in [0.3, 0.4) is 0 Å². The highest BCUT2D eigenvalue weighted by Crippen LogP contribution is 2.28. The van der Waals surface area contributed by atoms with Crippen LogP contribution in [0.2, 0.25) is 0 Å². The normalized spacial score (nSPS) is 12.4. The van der Waals surface area contributed by atoms with Gasteiger partial charge in [0.25, 0.3) is 0 Å². The van der Waals surface area contributed by atoms with Crippen molar-refractivity contribution in [3.63, 3.8) is 0 Å². The van der Waals surface area contributed by atoms with E-state index in [0.29, 0.717) is 0 Å². The van der Waals surface area contributed by atoms with Gasteiger partial charge in [-0.1, -0.05) is 6.07 Å². The minimum absolute atomic E-state index is 0.0833. The Morgan fingerprint density at radius 2 is 2.21 bits per heavy atom. The summed E-state index contributed by atoms with van der Waals surface area (Å²) in [5.74, 6) is 5.45. The predicted octanol–water partition coefficient (Wildman–Crippen LogP) is 3.41. The number of nitrogens with one attached hydrogen (secondary N) is 1. The first-order chi connectivity index (χ1) is 9.13. The molecule has 0 fully saturated rings. The summed E-state index contributed by atoms with van der Waals surface area (Å²) in [6.07, 6.45) is 0.738. The molecule has 102 valence electrons. The predicted molar refractivity (Wildman–Crippen MR) is 78.7 cm³/mol. The van der Waals surface area contributed by atoms with Crippen molar-refractivity contribution in [3.05, 3.63) is 50.4 Å². The van der Waals surface area contributed by atoms with Crippen LogP contribution in [-0.4, -0.2) is 7.11 Å². The number of halogens is 2. The highest BCUT2D eigenvalue weighted by Gasteiger charge is 2.14. The SMILES string of the molecule is COc1cc(C(Cc2ccc(Br)s2)NN)ccc1F. The van der Waals surface area contributed by atoms with Crippen molar-refractivity contribution in [2.24, 2.45) is 5.84 Å². The second-order valence-electron chi connectivity index (χ2n) is 4.02. The standard InChI is InChI=1S/C13H14BrFN2OS/c1-18-12-6-8(2-4-10(12)15)11(17-16)7-9-3-5-13(14)19-9/h2-6,11,17H,7,16H2,1H3. The van der Waals surface area contributed by atoms with Gasteiger partial charge in [0.2, 0.25) is 0 Å². The smallest absolute Gasteiger partial charge is 0.165 e. The Bertz CT molecular complexity index is 561. The quantitative estimate of drug-likeness (QED) is 0.645. The van der Waals surface area contributed by atoms with Gasteiger partial charge in [-0.3, -0.25) is 11.3 Å². The summed E-state index contributed by atoms with van der Waals surface area (Å²) in [6, 6.07) is 8.73. The Labute approximate surface area is 123 Å². The molecule has 2 aromatic rings. The van der Waals surface area contributed by atoms with E-state index >= 15 is 0 Å². The number of methoxy groups -OCH3 is 1. The molecule has 0 aliphatic rings. The van der Waals surface area contributed by atoms with Crippen molar-refractivity contribution in [2.45, 2.75) is 12.5 Å². The lowest BCUT2D eigenvalue weighted by Gasteiger charge is -2.16. The van der Waals surface area contributed by atoms with E-state index in [2.05, 4.69) is 21.4 Å². The van der Waals surface area contributed by atoms with Gasteiger partial charge in [0.15, 0.2) is 11.6 Å². The van der Waals surface area contributed by atoms with E-state index < -0.39 is 0 Å². The summed E-state index contributed by atoms with van der Waals surface area (Å²) in [5.41, 5.74) is 3.65. The highest BCUT2D eigenvalue weighted by molar-refractivity contribution is 9.11. The fraction of sp³-hybridized carbons (Fsp3) is 0.231. The molecule has 3 nitrogen and oxygen atoms in total. The molecule has 0 aliphatic heterocycles. The van der Waals surface area contributed by atoms with Gasteiger partial charge in [0.1, 0.15) is 0 Å². The molecule has 0 bridgehead atoms. The van der Waals surface area contributed by atoms with Crippen LogP contribution in [0.15, 0.2) is 34.1 Å². The van der Waals surface area contributed by atoms with Crippen LogP contribution in [0.5, 0.6) is 5.75 Å². The molecular formula is C13H14BrFN2OS. The number of thiophene rings is 1. The lowest BCUT2D eigenvalue weighted by Crippen LogP contribution is -2.29. The number of ether oxygens (including phenoxy) is 1. The fourth-order valence-electron chi connectivity index (χ4n) is 1.83. The monoisotopic (exact) mass is 344 g/mol. The summed E-state index contributed by atoms with van der Waals surface area (Å²) in [7, 11) is 1.45. The van der Waals surface area contributed by atoms with Gasteiger partial charge >= 0.3 is 0 Å². The molecule has 1 unspecified atom stereocenters. The van der Waals surface area contributed by atoms with Crippen LogP contribution in [0.4, 0.5) is 4.39 Å². The van der Waals surface area contributed by atoms with Crippen molar-refractivity contribution in [3.8, 4) is 5.75 Å². The molecule has 3 N–H and O–H groups in total. The Morgan fingerprint density at radius 1 is 1.42 bits per heavy atom. The van der Waals surface area contributed by atoms with E-state index in [1.165, 1.54) is 18.1 Å². The number of hydrazine groups is 1. The van der Waals surface area contributed by atoms with E-state index in [9.17, 15) is 4.39 Å². The molecule has 6 heteroatoms. The first-order valence-electron chi connectivity index (χ1n) is 5.68. The summed E-state index contributed by atoms with van der Waals surface area (Å²) in [6.45, 7) is 0. The largest absolute Gasteiger partial charge is 0.494 e. The molecule has 0 spiro atoms. The first-order valence-corrected chi connectivity index (χ1v) is 7.28. The Balaban J connectivity index is 2.21. The summed E-state index contributed by atoms with van der Waals surface area (Å²) < 4.78 is 19.5. The number of nitrogens with two attached hydrogens (primary N) is 1. The van der Waals surface area contributed by atoms with Crippen LogP contribution in [-0.2, 0) is 6.42 Å². The molecule has 1 aromatic heterocycles. The summed E-state index contributed by atoms with van der Waals surface area (Å²) in [4.78, 5) is 1.19. The van der Waals surface area contributed by atoms with E-state index in [-0.39, 0.29) is 17.6 Å². The zero-order valence-electron chi connectivity index (χ0n) is 10.3. The lowest BCUT2D eigenvalue weighted by molar-refractivity contribution is 0.384. The zero-order chi connectivity index (χ0) is 13.8. The van der Waals surface area contributed by atoms with Gasteiger partial charge in [-0.2, -0.15) is 0 Å². The van der Waals surface area contributed by atoms with E-state index in [4.69, 9.17) is 10.6 Å². The molecule has 0 amide bonds. The lowest BCUT2D eigenvalue weighted by atomic mass is 10.0. The molecule has 0 radical (unpaired) electrons. The zero-order valence-corrected chi connectivity index (χ0v) is 12.7. The minimum Gasteiger partial charge on any atom is -0.494 e. The number of rotatable bonds is 5. The number of hydrogen-bond donors (Lipinski definition) is 2. The van der Waals surface area contributed by atoms with Crippen LogP contribution >= 0.6 is 27.3 Å². The second kappa shape index (κ2) is 6.47. The maximum Gasteiger partial charge on any atom is 0.165 e. The van der Waals surface area contributed by atoms with Gasteiger partial charge < -0.3 is 4.74 Å². The van der Waals surface area contributed by atoms with Gasteiger partial charge in [-0.05, 0) is 45.8 Å². The third kappa shape index (κ3) is 3.54. The van der Waals surface area contributed by atoms with Crippen LogP contribution in [0.25, 0.3) is 0 Å². The molecule has 2 rings (SSSR count). The molecule has 1 aromatic carbocycles. The third-order valence-electron chi connectivity index (χ3n) is 2.81. The van der Waals surface area contributed by atoms with E-state index in [1.54, 1.807) is 23.5 Å². The first kappa shape index (κ1) is 14.5. The molecular weight excluding hydrogens is 331 g/mol. The average molecular weight is 345 g/mol. The number of benzene rings is 1. The van der Waals surface area contributed by atoms with E-state index in [0.717, 1.165) is 15.8 Å². The summed E-state index contributed by atoms with van der Waals surface area (Å²) >= 11 is 5.08. The second-order valence-corrected chi connectivity index (χ2v) is 6.57. The Morgan fingerprint density at radius 3 is 2.79 bits per heavy atom. The third-order valence-corrected chi connectivity index (χ3v) is 4.46. The molecule has 1 atom stereocenters. The topological polar surface area (TPSA) is 47.3 Å². The van der Waals surface area contributed by atoms with Crippen LogP contribution < -0.4 is 16.0 Å². The highest BCUT2D eigenvalue weighted by atomic mass is 79.9. The van der Waals surface area contributed by atoms with E-state index in [1.807, 2.05) is 12.1 Å². The maximum atomic E-state index is 13.4. The number of hydrogen-bond acceptors (Lipinski definition) is 4. The van der Waals surface area contributed by atoms with Gasteiger partial charge in [0.05, 0.1) is 16.9 Å². The van der Waals surface area contributed by atoms with Crippen molar-refractivity contribution in [1.82, 2.24) is 5.43 Å². The Hall–Kier alpha value is -0.950. The van der Waals surface area contributed by atoms with Crippen molar-refractivity contribution in [2.75, 3.05) is 7.11 Å². The minimum atomic E-state index is -0.374. The van der Waals surface area contributed by atoms with Crippen LogP contribution in [0.1, 0.15) is 16.5 Å². The van der Waals surface area contributed by atoms with Gasteiger partial charge in [-0.25, -0.2) is 4.39 Å². The average Bonchev–Trinajstić information content (AvgIpc) is 2.82. The van der Waals surface area contributed by atoms with Crippen molar-refractivity contribution in [1.29, 1.82) is 0 Å². The Kier molecular flexibility index (Phi) is 4.93. The molecule has 19 heavy (non-hydrogen) atoms. The van der Waals surface area contributed by atoms with Crippen LogP contribution in [0, 0.1) is 5.82 Å². The van der Waals surface area contributed by atoms with Crippen molar-refractivity contribution < 1.29 is 9.13 Å². The molecule has 0 aliphatic carbocycles.